The van der Waals surface area contributed by atoms with E-state index in [1.54, 1.807) is 0 Å². The van der Waals surface area contributed by atoms with Gasteiger partial charge in [0.15, 0.2) is 0 Å². The molecule has 1 aromatic rings. The van der Waals surface area contributed by atoms with Crippen LogP contribution >= 0.6 is 11.6 Å². The summed E-state index contributed by atoms with van der Waals surface area (Å²) in [5, 5.41) is 3.03. The third kappa shape index (κ3) is 4.00. The number of carbonyl (C=O) groups is 1. The Hall–Kier alpha value is -1.09. The van der Waals surface area contributed by atoms with Crippen LogP contribution in [0.3, 0.4) is 0 Å². The number of halogens is 2. The number of hydrogen-bond acceptors (Lipinski definition) is 1. The van der Waals surface area contributed by atoms with Gasteiger partial charge in [0.05, 0.1) is 5.56 Å². The van der Waals surface area contributed by atoms with Gasteiger partial charge < -0.3 is 5.32 Å². The molecule has 0 bridgehead atoms. The molecule has 0 aromatic heterocycles. The van der Waals surface area contributed by atoms with Crippen LogP contribution in [0.15, 0.2) is 18.2 Å². The van der Waals surface area contributed by atoms with Crippen LogP contribution in [-0.4, -0.2) is 12.5 Å². The van der Waals surface area contributed by atoms with E-state index in [1.165, 1.54) is 12.1 Å². The highest BCUT2D eigenvalue weighted by atomic mass is 35.5. The van der Waals surface area contributed by atoms with E-state index in [1.807, 2.05) is 0 Å². The van der Waals surface area contributed by atoms with Crippen LogP contribution < -0.4 is 5.32 Å². The van der Waals surface area contributed by atoms with Crippen molar-refractivity contribution in [1.29, 1.82) is 0 Å². The van der Waals surface area contributed by atoms with Gasteiger partial charge in [-0.25, -0.2) is 4.39 Å². The van der Waals surface area contributed by atoms with Crippen LogP contribution in [-0.2, 0) is 0 Å². The summed E-state index contributed by atoms with van der Waals surface area (Å²) in [5.74, 6) is -0.528. The SMILES string of the molecule is CCC(CC)CNC(=O)c1ccc(Cl)cc1F. The number of rotatable bonds is 5. The third-order valence-electron chi connectivity index (χ3n) is 2.88. The maximum atomic E-state index is 13.4. The molecule has 17 heavy (non-hydrogen) atoms. The van der Waals surface area contributed by atoms with E-state index in [2.05, 4.69) is 19.2 Å². The average molecular weight is 258 g/mol. The predicted molar refractivity (Wildman–Crippen MR) is 67.8 cm³/mol. The second kappa shape index (κ2) is 6.60. The third-order valence-corrected chi connectivity index (χ3v) is 3.12. The van der Waals surface area contributed by atoms with Gasteiger partial charge >= 0.3 is 0 Å². The van der Waals surface area contributed by atoms with E-state index in [0.29, 0.717) is 17.5 Å². The van der Waals surface area contributed by atoms with Gasteiger partial charge in [-0.1, -0.05) is 38.3 Å². The largest absolute Gasteiger partial charge is 0.352 e. The lowest BCUT2D eigenvalue weighted by Crippen LogP contribution is -2.29. The molecular weight excluding hydrogens is 241 g/mol. The Morgan fingerprint density at radius 1 is 1.41 bits per heavy atom. The highest BCUT2D eigenvalue weighted by Gasteiger charge is 2.13. The zero-order valence-corrected chi connectivity index (χ0v) is 10.9. The lowest BCUT2D eigenvalue weighted by molar-refractivity contribution is 0.0942. The van der Waals surface area contributed by atoms with Gasteiger partial charge in [-0.2, -0.15) is 0 Å². The van der Waals surface area contributed by atoms with Crippen molar-refractivity contribution in [2.45, 2.75) is 26.7 Å². The fraction of sp³-hybridized carbons (Fsp3) is 0.462. The molecule has 0 aliphatic rings. The van der Waals surface area contributed by atoms with Crippen LogP contribution in [0.25, 0.3) is 0 Å². The van der Waals surface area contributed by atoms with E-state index in [9.17, 15) is 9.18 Å². The van der Waals surface area contributed by atoms with Gasteiger partial charge in [0.2, 0.25) is 0 Å². The Bertz CT molecular complexity index is 391. The molecule has 1 N–H and O–H groups in total. The number of carbonyl (C=O) groups excluding carboxylic acids is 1. The molecule has 0 unspecified atom stereocenters. The average Bonchev–Trinajstić information content (AvgIpc) is 2.30. The second-order valence-corrected chi connectivity index (χ2v) is 4.45. The Morgan fingerprint density at radius 3 is 2.59 bits per heavy atom. The molecular formula is C13H17ClFNO. The first-order chi connectivity index (χ1) is 8.08. The van der Waals surface area contributed by atoms with E-state index in [0.717, 1.165) is 18.9 Å². The summed E-state index contributed by atoms with van der Waals surface area (Å²) in [6.07, 6.45) is 2.00. The Kier molecular flexibility index (Phi) is 5.42. The van der Waals surface area contributed by atoms with Crippen molar-refractivity contribution in [2.24, 2.45) is 5.92 Å². The molecule has 0 spiro atoms. The Morgan fingerprint density at radius 2 is 2.06 bits per heavy atom. The lowest BCUT2D eigenvalue weighted by atomic mass is 10.0. The minimum absolute atomic E-state index is 0.0420. The first-order valence-electron chi connectivity index (χ1n) is 5.81. The first-order valence-corrected chi connectivity index (χ1v) is 6.19. The van der Waals surface area contributed by atoms with E-state index in [-0.39, 0.29) is 11.5 Å². The summed E-state index contributed by atoms with van der Waals surface area (Å²) in [5.41, 5.74) is 0.0420. The quantitative estimate of drug-likeness (QED) is 0.857. The zero-order valence-electron chi connectivity index (χ0n) is 10.1. The van der Waals surface area contributed by atoms with Crippen LogP contribution in [0.5, 0.6) is 0 Å². The highest BCUT2D eigenvalue weighted by molar-refractivity contribution is 6.30. The van der Waals surface area contributed by atoms with Crippen molar-refractivity contribution < 1.29 is 9.18 Å². The summed E-state index contributed by atoms with van der Waals surface area (Å²) in [6.45, 7) is 4.72. The molecule has 1 amide bonds. The van der Waals surface area contributed by atoms with Crippen molar-refractivity contribution >= 4 is 17.5 Å². The summed E-state index contributed by atoms with van der Waals surface area (Å²) in [4.78, 5) is 11.7. The summed E-state index contributed by atoms with van der Waals surface area (Å²) < 4.78 is 13.4. The smallest absolute Gasteiger partial charge is 0.254 e. The topological polar surface area (TPSA) is 29.1 Å². The maximum Gasteiger partial charge on any atom is 0.254 e. The van der Waals surface area contributed by atoms with Crippen molar-refractivity contribution in [1.82, 2.24) is 5.32 Å². The van der Waals surface area contributed by atoms with Gasteiger partial charge in [-0.3, -0.25) is 4.79 Å². The summed E-state index contributed by atoms with van der Waals surface area (Å²) in [6, 6.07) is 4.06. The molecule has 0 aliphatic carbocycles. The Balaban J connectivity index is 2.64. The molecule has 0 heterocycles. The molecule has 1 aromatic carbocycles. The lowest BCUT2D eigenvalue weighted by Gasteiger charge is -2.13. The zero-order chi connectivity index (χ0) is 12.8. The van der Waals surface area contributed by atoms with Gasteiger partial charge in [-0.05, 0) is 24.1 Å². The van der Waals surface area contributed by atoms with E-state index in [4.69, 9.17) is 11.6 Å². The molecule has 0 saturated heterocycles. The summed E-state index contributed by atoms with van der Waals surface area (Å²) in [7, 11) is 0. The maximum absolute atomic E-state index is 13.4. The summed E-state index contributed by atoms with van der Waals surface area (Å²) >= 11 is 5.62. The normalized spacial score (nSPS) is 10.6. The molecule has 2 nitrogen and oxygen atoms in total. The number of benzene rings is 1. The minimum Gasteiger partial charge on any atom is -0.352 e. The highest BCUT2D eigenvalue weighted by Crippen LogP contribution is 2.14. The number of amides is 1. The van der Waals surface area contributed by atoms with Crippen LogP contribution in [0, 0.1) is 11.7 Å². The molecule has 94 valence electrons. The molecule has 0 atom stereocenters. The predicted octanol–water partition coefficient (Wildman–Crippen LogP) is 3.65. The molecule has 0 fully saturated rings. The molecule has 0 radical (unpaired) electrons. The van der Waals surface area contributed by atoms with Crippen LogP contribution in [0.4, 0.5) is 4.39 Å². The van der Waals surface area contributed by atoms with Crippen LogP contribution in [0.2, 0.25) is 5.02 Å². The van der Waals surface area contributed by atoms with Crippen molar-refractivity contribution in [2.75, 3.05) is 6.54 Å². The van der Waals surface area contributed by atoms with Crippen molar-refractivity contribution in [3.05, 3.63) is 34.6 Å². The molecule has 0 aliphatic heterocycles. The fourth-order valence-corrected chi connectivity index (χ4v) is 1.74. The van der Waals surface area contributed by atoms with E-state index >= 15 is 0 Å². The monoisotopic (exact) mass is 257 g/mol. The number of nitrogens with one attached hydrogen (secondary N) is 1. The molecule has 0 saturated carbocycles. The molecule has 1 rings (SSSR count). The van der Waals surface area contributed by atoms with Crippen LogP contribution in [0.1, 0.15) is 37.0 Å². The van der Waals surface area contributed by atoms with E-state index < -0.39 is 5.82 Å². The Labute approximate surface area is 106 Å². The standard InChI is InChI=1S/C13H17ClFNO/c1-3-9(4-2)8-16-13(17)11-6-5-10(14)7-12(11)15/h5-7,9H,3-4,8H2,1-2H3,(H,16,17). The number of hydrogen-bond donors (Lipinski definition) is 1. The van der Waals surface area contributed by atoms with Crippen molar-refractivity contribution in [3.8, 4) is 0 Å². The van der Waals surface area contributed by atoms with Gasteiger partial charge in [0, 0.05) is 11.6 Å². The minimum atomic E-state index is -0.584. The first kappa shape index (κ1) is 14.0. The van der Waals surface area contributed by atoms with Gasteiger partial charge in [-0.15, -0.1) is 0 Å². The van der Waals surface area contributed by atoms with Gasteiger partial charge in [0.1, 0.15) is 5.82 Å². The fourth-order valence-electron chi connectivity index (χ4n) is 1.58. The van der Waals surface area contributed by atoms with Gasteiger partial charge in [0.25, 0.3) is 5.91 Å². The molecule has 4 heteroatoms. The van der Waals surface area contributed by atoms with Crippen molar-refractivity contribution in [3.63, 3.8) is 0 Å². The second-order valence-electron chi connectivity index (χ2n) is 4.02.